The van der Waals surface area contributed by atoms with Gasteiger partial charge < -0.3 is 14.7 Å². The van der Waals surface area contributed by atoms with Gasteiger partial charge in [0.25, 0.3) is 5.91 Å². The predicted octanol–water partition coefficient (Wildman–Crippen LogP) is 1.37. The van der Waals surface area contributed by atoms with Crippen LogP contribution in [0.2, 0.25) is 0 Å². The SMILES string of the molecule is CC(=O)N1CCC(C(=O)N2CCN(C(=O)c3ccc(F)cc3)CC2)CC1. The van der Waals surface area contributed by atoms with E-state index in [1.54, 1.807) is 16.7 Å². The zero-order chi connectivity index (χ0) is 18.7. The number of hydrogen-bond donors (Lipinski definition) is 0. The van der Waals surface area contributed by atoms with Crippen LogP contribution < -0.4 is 0 Å². The summed E-state index contributed by atoms with van der Waals surface area (Å²) in [6, 6.07) is 5.52. The van der Waals surface area contributed by atoms with Crippen LogP contribution in [-0.4, -0.2) is 71.7 Å². The quantitative estimate of drug-likeness (QED) is 0.799. The van der Waals surface area contributed by atoms with Crippen molar-refractivity contribution in [1.29, 1.82) is 0 Å². The second-order valence-corrected chi connectivity index (χ2v) is 6.90. The van der Waals surface area contributed by atoms with E-state index in [1.165, 1.54) is 24.3 Å². The lowest BCUT2D eigenvalue weighted by atomic mass is 9.95. The number of carbonyl (C=O) groups excluding carboxylic acids is 3. The van der Waals surface area contributed by atoms with Crippen LogP contribution in [0.15, 0.2) is 24.3 Å². The number of hydrogen-bond acceptors (Lipinski definition) is 3. The zero-order valence-electron chi connectivity index (χ0n) is 15.0. The molecule has 0 unspecified atom stereocenters. The highest BCUT2D eigenvalue weighted by atomic mass is 19.1. The second-order valence-electron chi connectivity index (χ2n) is 6.90. The van der Waals surface area contributed by atoms with E-state index < -0.39 is 0 Å². The van der Waals surface area contributed by atoms with Gasteiger partial charge in [-0.1, -0.05) is 0 Å². The summed E-state index contributed by atoms with van der Waals surface area (Å²) in [6.45, 7) is 4.81. The number of piperidine rings is 1. The van der Waals surface area contributed by atoms with Gasteiger partial charge in [0.1, 0.15) is 5.82 Å². The van der Waals surface area contributed by atoms with E-state index in [4.69, 9.17) is 0 Å². The van der Waals surface area contributed by atoms with Crippen LogP contribution >= 0.6 is 0 Å². The van der Waals surface area contributed by atoms with Crippen LogP contribution in [0.5, 0.6) is 0 Å². The maximum absolute atomic E-state index is 13.0. The Labute approximate surface area is 152 Å². The average molecular weight is 361 g/mol. The third kappa shape index (κ3) is 4.03. The highest BCUT2D eigenvalue weighted by molar-refractivity contribution is 5.94. The number of nitrogens with zero attached hydrogens (tertiary/aromatic N) is 3. The molecule has 0 bridgehead atoms. The fourth-order valence-electron chi connectivity index (χ4n) is 3.60. The monoisotopic (exact) mass is 361 g/mol. The number of amides is 3. The van der Waals surface area contributed by atoms with Crippen molar-refractivity contribution in [2.24, 2.45) is 5.92 Å². The first kappa shape index (κ1) is 18.4. The first-order valence-electron chi connectivity index (χ1n) is 9.05. The molecule has 1 aromatic rings. The highest BCUT2D eigenvalue weighted by Gasteiger charge is 2.31. The minimum atomic E-state index is -0.368. The molecule has 2 saturated heterocycles. The van der Waals surface area contributed by atoms with Crippen molar-refractivity contribution in [3.05, 3.63) is 35.6 Å². The second kappa shape index (κ2) is 7.85. The van der Waals surface area contributed by atoms with E-state index in [-0.39, 0.29) is 29.5 Å². The van der Waals surface area contributed by atoms with Crippen LogP contribution in [0, 0.1) is 11.7 Å². The van der Waals surface area contributed by atoms with Crippen LogP contribution in [0.1, 0.15) is 30.1 Å². The molecule has 140 valence electrons. The molecule has 3 rings (SSSR count). The fraction of sp³-hybridized carbons (Fsp3) is 0.526. The topological polar surface area (TPSA) is 60.9 Å². The Kier molecular flexibility index (Phi) is 5.54. The molecule has 2 aliphatic rings. The van der Waals surface area contributed by atoms with Crippen LogP contribution in [0.3, 0.4) is 0 Å². The van der Waals surface area contributed by atoms with Gasteiger partial charge in [-0.05, 0) is 37.1 Å². The van der Waals surface area contributed by atoms with Crippen molar-refractivity contribution < 1.29 is 18.8 Å². The molecule has 0 saturated carbocycles. The number of halogens is 1. The molecule has 0 atom stereocenters. The highest BCUT2D eigenvalue weighted by Crippen LogP contribution is 2.21. The summed E-state index contributed by atoms with van der Waals surface area (Å²) in [6.07, 6.45) is 1.40. The summed E-state index contributed by atoms with van der Waals surface area (Å²) in [5.41, 5.74) is 0.461. The largest absolute Gasteiger partial charge is 0.343 e. The van der Waals surface area contributed by atoms with Crippen LogP contribution in [0.25, 0.3) is 0 Å². The molecule has 2 heterocycles. The number of piperazine rings is 1. The van der Waals surface area contributed by atoms with Gasteiger partial charge in [0.15, 0.2) is 0 Å². The van der Waals surface area contributed by atoms with Crippen molar-refractivity contribution in [3.8, 4) is 0 Å². The molecule has 7 heteroatoms. The summed E-state index contributed by atoms with van der Waals surface area (Å²) < 4.78 is 13.0. The number of rotatable bonds is 2. The average Bonchev–Trinajstić information content (AvgIpc) is 2.67. The van der Waals surface area contributed by atoms with Gasteiger partial charge in [0, 0.05) is 57.7 Å². The lowest BCUT2D eigenvalue weighted by molar-refractivity contribution is -0.141. The Hall–Kier alpha value is -2.44. The normalized spacial score (nSPS) is 18.8. The Morgan fingerprint density at radius 1 is 0.846 bits per heavy atom. The molecule has 1 aromatic carbocycles. The van der Waals surface area contributed by atoms with E-state index in [9.17, 15) is 18.8 Å². The Balaban J connectivity index is 1.50. The van der Waals surface area contributed by atoms with E-state index in [0.29, 0.717) is 57.7 Å². The van der Waals surface area contributed by atoms with Crippen molar-refractivity contribution >= 4 is 17.7 Å². The fourth-order valence-corrected chi connectivity index (χ4v) is 3.60. The third-order valence-electron chi connectivity index (χ3n) is 5.26. The van der Waals surface area contributed by atoms with Gasteiger partial charge in [0.2, 0.25) is 11.8 Å². The molecule has 26 heavy (non-hydrogen) atoms. The predicted molar refractivity (Wildman–Crippen MR) is 93.9 cm³/mol. The maximum atomic E-state index is 13.0. The molecular weight excluding hydrogens is 337 g/mol. The molecule has 2 fully saturated rings. The third-order valence-corrected chi connectivity index (χ3v) is 5.26. The lowest BCUT2D eigenvalue weighted by Crippen LogP contribution is -2.53. The smallest absolute Gasteiger partial charge is 0.253 e. The van der Waals surface area contributed by atoms with E-state index >= 15 is 0 Å². The first-order valence-corrected chi connectivity index (χ1v) is 9.05. The molecule has 0 radical (unpaired) electrons. The lowest BCUT2D eigenvalue weighted by Gasteiger charge is -2.38. The van der Waals surface area contributed by atoms with Crippen LogP contribution in [0.4, 0.5) is 4.39 Å². The van der Waals surface area contributed by atoms with E-state index in [2.05, 4.69) is 0 Å². The van der Waals surface area contributed by atoms with Gasteiger partial charge in [-0.2, -0.15) is 0 Å². The van der Waals surface area contributed by atoms with Crippen molar-refractivity contribution in [1.82, 2.24) is 14.7 Å². The Bertz CT molecular complexity index is 676. The summed E-state index contributed by atoms with van der Waals surface area (Å²) in [5.74, 6) is -0.351. The van der Waals surface area contributed by atoms with Crippen molar-refractivity contribution in [2.75, 3.05) is 39.3 Å². The summed E-state index contributed by atoms with van der Waals surface area (Å²) in [7, 11) is 0. The van der Waals surface area contributed by atoms with Gasteiger partial charge in [-0.25, -0.2) is 4.39 Å². The standard InChI is InChI=1S/C19H24FN3O3/c1-14(24)21-8-6-16(7-9-21)19(26)23-12-10-22(11-13-23)18(25)15-2-4-17(20)5-3-15/h2-5,16H,6-13H2,1H3. The molecule has 6 nitrogen and oxygen atoms in total. The molecule has 0 spiro atoms. The molecule has 0 aromatic heterocycles. The minimum absolute atomic E-state index is 0.0371. The number of carbonyl (C=O) groups is 3. The zero-order valence-corrected chi connectivity index (χ0v) is 15.0. The van der Waals surface area contributed by atoms with Gasteiger partial charge in [-0.3, -0.25) is 14.4 Å². The van der Waals surface area contributed by atoms with E-state index in [1.807, 2.05) is 4.90 Å². The number of benzene rings is 1. The molecule has 3 amide bonds. The van der Waals surface area contributed by atoms with Gasteiger partial charge in [0.05, 0.1) is 0 Å². The summed E-state index contributed by atoms with van der Waals surface area (Å²) in [5, 5.41) is 0. The molecule has 0 aliphatic carbocycles. The van der Waals surface area contributed by atoms with Crippen molar-refractivity contribution in [2.45, 2.75) is 19.8 Å². The van der Waals surface area contributed by atoms with Gasteiger partial charge >= 0.3 is 0 Å². The molecule has 2 aliphatic heterocycles. The molecular formula is C19H24FN3O3. The van der Waals surface area contributed by atoms with Crippen molar-refractivity contribution in [3.63, 3.8) is 0 Å². The first-order chi connectivity index (χ1) is 12.5. The maximum Gasteiger partial charge on any atom is 0.253 e. The Morgan fingerprint density at radius 3 is 1.92 bits per heavy atom. The summed E-state index contributed by atoms with van der Waals surface area (Å²) >= 11 is 0. The minimum Gasteiger partial charge on any atom is -0.343 e. The van der Waals surface area contributed by atoms with E-state index in [0.717, 1.165) is 0 Å². The van der Waals surface area contributed by atoms with Gasteiger partial charge in [-0.15, -0.1) is 0 Å². The Morgan fingerprint density at radius 2 is 1.38 bits per heavy atom. The number of likely N-dealkylation sites (tertiary alicyclic amines) is 1. The molecule has 0 N–H and O–H groups in total. The summed E-state index contributed by atoms with van der Waals surface area (Å²) in [4.78, 5) is 41.8. The van der Waals surface area contributed by atoms with Crippen LogP contribution in [-0.2, 0) is 9.59 Å².